The molecule has 1 unspecified atom stereocenters. The van der Waals surface area contributed by atoms with Crippen molar-refractivity contribution >= 4 is 29.5 Å². The third kappa shape index (κ3) is 13.6. The van der Waals surface area contributed by atoms with Gasteiger partial charge in [0.1, 0.15) is 55.4 Å². The number of nitriles is 1. The summed E-state index contributed by atoms with van der Waals surface area (Å²) in [5.74, 6) is -2.04. The van der Waals surface area contributed by atoms with Gasteiger partial charge in [0.25, 0.3) is 5.91 Å². The number of hydrogen-bond donors (Lipinski definition) is 7. The third-order valence-electron chi connectivity index (χ3n) is 12.2. The van der Waals surface area contributed by atoms with Gasteiger partial charge in [-0.05, 0) is 112 Å². The fraction of sp³-hybridized carbons (Fsp3) is 0.462. The number of likely N-dealkylation sites (N-methyl/N-ethyl adjacent to an activating group) is 1. The van der Waals surface area contributed by atoms with Gasteiger partial charge >= 0.3 is 0 Å². The number of aromatic nitrogens is 2. The van der Waals surface area contributed by atoms with E-state index in [1.165, 1.54) is 30.0 Å². The van der Waals surface area contributed by atoms with Crippen molar-refractivity contribution in [1.29, 1.82) is 5.26 Å². The molecule has 4 bridgehead atoms. The number of ether oxygens (including phenoxy) is 2. The summed E-state index contributed by atoms with van der Waals surface area (Å²) in [4.78, 5) is 81.7. The molecular weight excluding hydrogens is 891 g/mol. The van der Waals surface area contributed by atoms with Crippen LogP contribution in [0.25, 0.3) is 22.5 Å². The van der Waals surface area contributed by atoms with Crippen LogP contribution in [0.3, 0.4) is 0 Å². The van der Waals surface area contributed by atoms with E-state index in [4.69, 9.17) is 36.6 Å². The van der Waals surface area contributed by atoms with Crippen LogP contribution in [0.5, 0.6) is 11.5 Å². The molecule has 1 aliphatic heterocycles. The number of carbonyl (C=O) groups is 5. The molecule has 5 amide bonds. The van der Waals surface area contributed by atoms with Gasteiger partial charge in [-0.1, -0.05) is 51.0 Å². The minimum Gasteiger partial charge on any atom is -0.492 e. The Hall–Kier alpha value is -6.94. The van der Waals surface area contributed by atoms with Crippen LogP contribution in [0, 0.1) is 25.2 Å². The molecular formula is C52H69N11O7. The van der Waals surface area contributed by atoms with Crippen LogP contribution in [0.15, 0.2) is 54.6 Å². The molecule has 374 valence electrons. The van der Waals surface area contributed by atoms with Crippen molar-refractivity contribution in [2.75, 3.05) is 46.4 Å². The molecule has 4 atom stereocenters. The number of nitrogens with one attached hydrogen (secondary N) is 4. The number of fused-ring (bicyclic) bond motifs is 5. The van der Waals surface area contributed by atoms with Crippen molar-refractivity contribution in [3.63, 3.8) is 0 Å². The van der Waals surface area contributed by atoms with Crippen molar-refractivity contribution in [1.82, 2.24) is 36.1 Å². The van der Waals surface area contributed by atoms with Crippen molar-refractivity contribution in [3.05, 3.63) is 93.8 Å². The summed E-state index contributed by atoms with van der Waals surface area (Å²) < 4.78 is 12.2. The number of aryl methyl sites for hydroxylation is 4. The van der Waals surface area contributed by atoms with Gasteiger partial charge < -0.3 is 52.8 Å². The van der Waals surface area contributed by atoms with E-state index in [-0.39, 0.29) is 57.8 Å². The normalized spacial score (nSPS) is 16.1. The smallest absolute Gasteiger partial charge is 0.255 e. The lowest BCUT2D eigenvalue weighted by atomic mass is 9.93. The van der Waals surface area contributed by atoms with Crippen molar-refractivity contribution in [2.45, 2.75) is 110 Å². The molecule has 18 heteroatoms. The van der Waals surface area contributed by atoms with E-state index in [1.54, 1.807) is 50.2 Å². The number of hydrogen-bond acceptors (Lipinski definition) is 13. The summed E-state index contributed by atoms with van der Waals surface area (Å²) in [5.41, 5.74) is 24.2. The van der Waals surface area contributed by atoms with Crippen molar-refractivity contribution in [3.8, 4) is 40.1 Å². The topological polar surface area (TPSA) is 283 Å². The van der Waals surface area contributed by atoms with E-state index in [1.807, 2.05) is 12.1 Å². The Balaban J connectivity index is 1.56. The summed E-state index contributed by atoms with van der Waals surface area (Å²) >= 11 is 0. The number of carbonyl (C=O) groups excluding carboxylic acids is 5. The van der Waals surface area contributed by atoms with E-state index in [0.29, 0.717) is 51.0 Å². The summed E-state index contributed by atoms with van der Waals surface area (Å²) in [7, 11) is 1.43. The Bertz CT molecular complexity index is 2520. The minimum atomic E-state index is -1.40. The predicted octanol–water partition coefficient (Wildman–Crippen LogP) is 3.62. The van der Waals surface area contributed by atoms with E-state index >= 15 is 0 Å². The van der Waals surface area contributed by atoms with Crippen LogP contribution in [-0.2, 0) is 38.4 Å². The molecule has 3 aromatic carbocycles. The van der Waals surface area contributed by atoms with Gasteiger partial charge in [0, 0.05) is 43.2 Å². The second-order valence-electron chi connectivity index (χ2n) is 17.5. The summed E-state index contributed by atoms with van der Waals surface area (Å²) in [6, 6.07) is 13.4. The molecule has 0 saturated carbocycles. The van der Waals surface area contributed by atoms with Gasteiger partial charge in [0.2, 0.25) is 23.6 Å². The molecule has 70 heavy (non-hydrogen) atoms. The molecule has 0 aliphatic carbocycles. The average Bonchev–Trinajstić information content (AvgIpc) is 3.34. The van der Waals surface area contributed by atoms with Crippen LogP contribution >= 0.6 is 0 Å². The number of nitrogens with two attached hydrogens (primary N) is 3. The van der Waals surface area contributed by atoms with E-state index in [0.717, 1.165) is 44.1 Å². The summed E-state index contributed by atoms with van der Waals surface area (Å²) in [6.45, 7) is 9.63. The highest BCUT2D eigenvalue weighted by molar-refractivity contribution is 6.00. The molecule has 0 radical (unpaired) electrons. The Morgan fingerprint density at radius 2 is 1.47 bits per heavy atom. The predicted molar refractivity (Wildman–Crippen MR) is 267 cm³/mol. The second-order valence-corrected chi connectivity index (χ2v) is 17.5. The lowest BCUT2D eigenvalue weighted by Crippen LogP contribution is -2.56. The molecule has 0 spiro atoms. The van der Waals surface area contributed by atoms with Gasteiger partial charge in [0.15, 0.2) is 5.82 Å². The summed E-state index contributed by atoms with van der Waals surface area (Å²) in [5, 5.41) is 20.0. The Morgan fingerprint density at radius 3 is 2.09 bits per heavy atom. The zero-order chi connectivity index (χ0) is 50.9. The highest BCUT2D eigenvalue weighted by atomic mass is 16.5. The number of benzene rings is 3. The van der Waals surface area contributed by atoms with Crippen LogP contribution in [-0.4, -0.2) is 109 Å². The van der Waals surface area contributed by atoms with Crippen LogP contribution in [0.1, 0.15) is 103 Å². The van der Waals surface area contributed by atoms with Gasteiger partial charge in [-0.2, -0.15) is 5.26 Å². The first-order valence-corrected chi connectivity index (χ1v) is 24.1. The number of unbranched alkanes of at least 4 members (excludes halogenated alkanes) is 2. The first kappa shape index (κ1) is 54.0. The van der Waals surface area contributed by atoms with Gasteiger partial charge in [-0.3, -0.25) is 24.0 Å². The molecule has 18 nitrogen and oxygen atoms in total. The minimum absolute atomic E-state index is 0.00288. The van der Waals surface area contributed by atoms with E-state index in [2.05, 4.69) is 47.2 Å². The molecule has 10 N–H and O–H groups in total. The highest BCUT2D eigenvalue weighted by Crippen LogP contribution is 2.40. The zero-order valence-corrected chi connectivity index (χ0v) is 41.3. The molecule has 2 heterocycles. The van der Waals surface area contributed by atoms with E-state index < -0.39 is 53.7 Å². The maximum atomic E-state index is 14.8. The van der Waals surface area contributed by atoms with Crippen molar-refractivity contribution in [2.24, 2.45) is 17.2 Å². The van der Waals surface area contributed by atoms with Crippen molar-refractivity contribution < 1.29 is 33.4 Å². The molecule has 0 saturated heterocycles. The number of nitrogens with zero attached hydrogens (tertiary/aromatic N) is 4. The lowest BCUT2D eigenvalue weighted by Gasteiger charge is -2.32. The SMILES string of the molecule is CCCCc1ccc(-c2nc(C)c(C(=O)NC(CCN)C(=O)N(C)[C@@H]3C(=O)N[C@@H](C)C(=O)N[C@H](C(=O)NCC#N)Cc4ccc(OCCN)c(c4)-c4cc3ccc4OCCN)c(C)n2)cc1CCCC. The Kier molecular flexibility index (Phi) is 20.2. The summed E-state index contributed by atoms with van der Waals surface area (Å²) in [6.07, 6.45) is 6.28. The molecule has 1 aromatic heterocycles. The Morgan fingerprint density at radius 1 is 0.843 bits per heavy atom. The molecule has 1 aliphatic rings. The molecule has 4 aromatic rings. The fourth-order valence-corrected chi connectivity index (χ4v) is 8.51. The number of rotatable bonds is 21. The van der Waals surface area contributed by atoms with Gasteiger partial charge in [-0.15, -0.1) is 0 Å². The quantitative estimate of drug-likeness (QED) is 0.0589. The van der Waals surface area contributed by atoms with Crippen LogP contribution in [0.2, 0.25) is 0 Å². The highest BCUT2D eigenvalue weighted by Gasteiger charge is 2.36. The zero-order valence-electron chi connectivity index (χ0n) is 41.3. The Labute approximate surface area is 410 Å². The molecule has 5 rings (SSSR count). The first-order valence-electron chi connectivity index (χ1n) is 24.1. The average molecular weight is 960 g/mol. The standard InChI is InChI=1S/C52H69N11O7/c1-7-9-11-35-14-15-38(29-36(35)12-10-8-2)47-58-31(3)45(32(4)59-47)50(66)61-41(19-20-53)52(68)63(6)46-37-16-18-44(70-26-23-56)40(30-37)39-27-34(13-17-43(39)69-25-22-55)28-42(49(65)57-24-21-54)62-48(64)33(5)60-51(46)67/h13-18,27,29-30,33,41-42,46H,7-12,19-20,22-26,28,53,55-56H2,1-6H3,(H,57,65)(H,60,67)(H,61,66)(H,62,64)/t33-,41?,42-,46-/m0/s1. The fourth-order valence-electron chi connectivity index (χ4n) is 8.51. The van der Waals surface area contributed by atoms with Gasteiger partial charge in [-0.25, -0.2) is 9.97 Å². The monoisotopic (exact) mass is 960 g/mol. The second kappa shape index (κ2) is 26.2. The third-order valence-corrected chi connectivity index (χ3v) is 12.2. The maximum absolute atomic E-state index is 14.8. The first-order chi connectivity index (χ1) is 33.7. The van der Waals surface area contributed by atoms with Crippen LogP contribution < -0.4 is 47.9 Å². The van der Waals surface area contributed by atoms with Gasteiger partial charge in [0.05, 0.1) is 23.0 Å². The van der Waals surface area contributed by atoms with E-state index in [9.17, 15) is 29.2 Å². The largest absolute Gasteiger partial charge is 0.492 e. The van der Waals surface area contributed by atoms with Crippen LogP contribution in [0.4, 0.5) is 0 Å². The lowest BCUT2D eigenvalue weighted by molar-refractivity contribution is -0.141. The number of amides is 5. The molecule has 0 fully saturated rings. The maximum Gasteiger partial charge on any atom is 0.255 e.